The van der Waals surface area contributed by atoms with Crippen LogP contribution in [0.25, 0.3) is 10.2 Å². The van der Waals surface area contributed by atoms with E-state index in [0.29, 0.717) is 30.5 Å². The van der Waals surface area contributed by atoms with Gasteiger partial charge in [-0.2, -0.15) is 10.2 Å². The Morgan fingerprint density at radius 2 is 1.94 bits per heavy atom. The van der Waals surface area contributed by atoms with Crippen molar-refractivity contribution in [2.24, 2.45) is 0 Å². The van der Waals surface area contributed by atoms with Gasteiger partial charge in [0.05, 0.1) is 35.2 Å². The first-order valence-electron chi connectivity index (χ1n) is 10.3. The molecule has 5 rings (SSSR count). The van der Waals surface area contributed by atoms with Crippen molar-refractivity contribution in [3.05, 3.63) is 71.1 Å². The second-order valence-electron chi connectivity index (χ2n) is 7.26. The summed E-state index contributed by atoms with van der Waals surface area (Å²) in [6.45, 7) is 3.37. The molecular formula is C23H20N6O2S. The van der Waals surface area contributed by atoms with Gasteiger partial charge in [0.1, 0.15) is 23.4 Å². The molecule has 0 saturated carbocycles. The lowest BCUT2D eigenvalue weighted by molar-refractivity contribution is 0.122. The van der Waals surface area contributed by atoms with Crippen LogP contribution >= 0.6 is 11.3 Å². The maximum absolute atomic E-state index is 9.81. The largest absolute Gasteiger partial charge is 0.459 e. The molecule has 1 aromatic carbocycles. The molecule has 0 radical (unpaired) electrons. The molecule has 0 amide bonds. The number of nitrogens with zero attached hydrogens (tertiary/aromatic N) is 6. The van der Waals surface area contributed by atoms with E-state index in [2.05, 4.69) is 30.9 Å². The van der Waals surface area contributed by atoms with Gasteiger partial charge in [0.2, 0.25) is 0 Å². The van der Waals surface area contributed by atoms with Crippen LogP contribution < -0.4 is 9.64 Å². The molecule has 0 bridgehead atoms. The van der Waals surface area contributed by atoms with Gasteiger partial charge >= 0.3 is 6.01 Å². The highest BCUT2D eigenvalue weighted by Crippen LogP contribution is 2.31. The summed E-state index contributed by atoms with van der Waals surface area (Å²) in [4.78, 5) is 20.0. The molecule has 1 unspecified atom stereocenters. The standard InChI is InChI=1S/C23H20N6O2S/c24-14-17(22-27-19-3-1-2-4-20(19)32-22)18-6-8-26-23(28-18)31-15-16-5-7-25-21(13-16)29-9-11-30-12-10-29/h1-8,13,17H,9-12,15H2. The van der Waals surface area contributed by atoms with Gasteiger partial charge in [-0.05, 0) is 35.9 Å². The lowest BCUT2D eigenvalue weighted by Gasteiger charge is -2.27. The van der Waals surface area contributed by atoms with Crippen LogP contribution in [0, 0.1) is 11.3 Å². The summed E-state index contributed by atoms with van der Waals surface area (Å²) in [5.41, 5.74) is 2.42. The van der Waals surface area contributed by atoms with Crippen molar-refractivity contribution in [2.75, 3.05) is 31.2 Å². The molecule has 4 heterocycles. The lowest BCUT2D eigenvalue weighted by Crippen LogP contribution is -2.36. The van der Waals surface area contributed by atoms with E-state index in [1.54, 1.807) is 18.5 Å². The number of morpholine rings is 1. The number of pyridine rings is 1. The molecule has 1 aliphatic heterocycles. The number of hydrogen-bond acceptors (Lipinski definition) is 9. The van der Waals surface area contributed by atoms with Crippen molar-refractivity contribution in [1.82, 2.24) is 19.9 Å². The van der Waals surface area contributed by atoms with Crippen molar-refractivity contribution in [2.45, 2.75) is 12.5 Å². The van der Waals surface area contributed by atoms with Crippen molar-refractivity contribution in [3.8, 4) is 12.1 Å². The number of anilines is 1. The number of benzene rings is 1. The number of ether oxygens (including phenoxy) is 2. The molecule has 32 heavy (non-hydrogen) atoms. The molecule has 9 heteroatoms. The molecular weight excluding hydrogens is 424 g/mol. The summed E-state index contributed by atoms with van der Waals surface area (Å²) in [6, 6.07) is 16.0. The predicted molar refractivity (Wildman–Crippen MR) is 121 cm³/mol. The van der Waals surface area contributed by atoms with Crippen LogP contribution in [0.4, 0.5) is 5.82 Å². The first-order chi connectivity index (χ1) is 15.8. The predicted octanol–water partition coefficient (Wildman–Crippen LogP) is 3.55. The topological polar surface area (TPSA) is 97.0 Å². The molecule has 8 nitrogen and oxygen atoms in total. The molecule has 1 fully saturated rings. The van der Waals surface area contributed by atoms with Crippen LogP contribution in [0.15, 0.2) is 54.9 Å². The van der Waals surface area contributed by atoms with Gasteiger partial charge in [-0.25, -0.2) is 15.0 Å². The van der Waals surface area contributed by atoms with E-state index in [-0.39, 0.29) is 6.01 Å². The van der Waals surface area contributed by atoms with Gasteiger partial charge in [0, 0.05) is 25.5 Å². The van der Waals surface area contributed by atoms with Crippen LogP contribution in [-0.4, -0.2) is 46.2 Å². The van der Waals surface area contributed by atoms with Crippen LogP contribution in [0.3, 0.4) is 0 Å². The van der Waals surface area contributed by atoms with E-state index in [1.165, 1.54) is 11.3 Å². The van der Waals surface area contributed by atoms with E-state index >= 15 is 0 Å². The number of nitriles is 1. The molecule has 3 aromatic heterocycles. The number of fused-ring (bicyclic) bond motifs is 1. The SMILES string of the molecule is N#CC(c1ccnc(OCc2ccnc(N3CCOCC3)c2)n1)c1nc2ccccc2s1. The van der Waals surface area contributed by atoms with Crippen molar-refractivity contribution >= 4 is 27.4 Å². The normalized spacial score (nSPS) is 14.8. The van der Waals surface area contributed by atoms with E-state index in [9.17, 15) is 5.26 Å². The fourth-order valence-electron chi connectivity index (χ4n) is 3.51. The Hall–Kier alpha value is -3.61. The Labute approximate surface area is 189 Å². The van der Waals surface area contributed by atoms with Crippen LogP contribution in [-0.2, 0) is 11.3 Å². The van der Waals surface area contributed by atoms with Crippen LogP contribution in [0.1, 0.15) is 22.2 Å². The van der Waals surface area contributed by atoms with Gasteiger partial charge in [-0.1, -0.05) is 12.1 Å². The fourth-order valence-corrected chi connectivity index (χ4v) is 4.53. The van der Waals surface area contributed by atoms with Crippen molar-refractivity contribution in [3.63, 3.8) is 0 Å². The lowest BCUT2D eigenvalue weighted by atomic mass is 10.1. The highest BCUT2D eigenvalue weighted by Gasteiger charge is 2.20. The summed E-state index contributed by atoms with van der Waals surface area (Å²) in [5, 5.41) is 10.5. The quantitative estimate of drug-likeness (QED) is 0.445. The van der Waals surface area contributed by atoms with E-state index in [4.69, 9.17) is 9.47 Å². The Balaban J connectivity index is 1.31. The fraction of sp³-hybridized carbons (Fsp3) is 0.261. The molecule has 1 saturated heterocycles. The number of hydrogen-bond donors (Lipinski definition) is 0. The minimum absolute atomic E-state index is 0.230. The summed E-state index contributed by atoms with van der Waals surface area (Å²) < 4.78 is 12.3. The second kappa shape index (κ2) is 9.26. The maximum Gasteiger partial charge on any atom is 0.316 e. The summed E-state index contributed by atoms with van der Waals surface area (Å²) in [7, 11) is 0. The zero-order valence-electron chi connectivity index (χ0n) is 17.2. The Morgan fingerprint density at radius 1 is 1.09 bits per heavy atom. The van der Waals surface area contributed by atoms with Crippen molar-refractivity contribution in [1.29, 1.82) is 5.26 Å². The zero-order chi connectivity index (χ0) is 21.8. The van der Waals surface area contributed by atoms with Crippen molar-refractivity contribution < 1.29 is 9.47 Å². The monoisotopic (exact) mass is 444 g/mol. The first kappa shape index (κ1) is 20.3. The summed E-state index contributed by atoms with van der Waals surface area (Å²) in [6.07, 6.45) is 3.39. The Bertz CT molecular complexity index is 1230. The second-order valence-corrected chi connectivity index (χ2v) is 8.32. The zero-order valence-corrected chi connectivity index (χ0v) is 18.0. The Morgan fingerprint density at radius 3 is 2.78 bits per heavy atom. The average molecular weight is 445 g/mol. The average Bonchev–Trinajstić information content (AvgIpc) is 3.28. The van der Waals surface area contributed by atoms with Crippen LogP contribution in [0.5, 0.6) is 6.01 Å². The third-order valence-electron chi connectivity index (χ3n) is 5.15. The number of rotatable bonds is 6. The van der Waals surface area contributed by atoms with E-state index in [1.807, 2.05) is 36.4 Å². The molecule has 0 N–H and O–H groups in total. The highest BCUT2D eigenvalue weighted by molar-refractivity contribution is 7.18. The maximum atomic E-state index is 9.81. The number of aromatic nitrogens is 4. The van der Waals surface area contributed by atoms with E-state index < -0.39 is 5.92 Å². The molecule has 0 spiro atoms. The first-order valence-corrected chi connectivity index (χ1v) is 11.1. The van der Waals surface area contributed by atoms with E-state index in [0.717, 1.165) is 34.7 Å². The summed E-state index contributed by atoms with van der Waals surface area (Å²) >= 11 is 1.50. The minimum atomic E-state index is -0.577. The molecule has 160 valence electrons. The van der Waals surface area contributed by atoms with Gasteiger partial charge in [-0.3, -0.25) is 0 Å². The molecule has 1 aliphatic rings. The Kier molecular flexibility index (Phi) is 5.87. The molecule has 1 atom stereocenters. The molecule has 0 aliphatic carbocycles. The highest BCUT2D eigenvalue weighted by atomic mass is 32.1. The third kappa shape index (κ3) is 4.37. The number of para-hydroxylation sites is 1. The summed E-state index contributed by atoms with van der Waals surface area (Å²) in [5.74, 6) is 0.330. The third-order valence-corrected chi connectivity index (χ3v) is 6.25. The van der Waals surface area contributed by atoms with Gasteiger partial charge < -0.3 is 14.4 Å². The van der Waals surface area contributed by atoms with Gasteiger partial charge in [0.25, 0.3) is 0 Å². The smallest absolute Gasteiger partial charge is 0.316 e. The molecule has 4 aromatic rings. The minimum Gasteiger partial charge on any atom is -0.459 e. The van der Waals surface area contributed by atoms with Gasteiger partial charge in [-0.15, -0.1) is 11.3 Å². The van der Waals surface area contributed by atoms with Crippen LogP contribution in [0.2, 0.25) is 0 Å². The van der Waals surface area contributed by atoms with Gasteiger partial charge in [0.15, 0.2) is 0 Å². The number of thiazole rings is 1.